The lowest BCUT2D eigenvalue weighted by atomic mass is 10.2. The minimum Gasteiger partial charge on any atom is -0.389 e. The van der Waals surface area contributed by atoms with Crippen LogP contribution in [0.3, 0.4) is 0 Å². The zero-order chi connectivity index (χ0) is 5.98. The van der Waals surface area contributed by atoms with Crippen molar-refractivity contribution in [2.45, 2.75) is 32.3 Å². The van der Waals surface area contributed by atoms with Gasteiger partial charge in [-0.25, -0.2) is 0 Å². The molecule has 1 aliphatic carbocycles. The van der Waals surface area contributed by atoms with Crippen molar-refractivity contribution in [3.8, 4) is 0 Å². The van der Waals surface area contributed by atoms with Gasteiger partial charge in [-0.05, 0) is 31.8 Å². The van der Waals surface area contributed by atoms with E-state index in [1.54, 1.807) is 0 Å². The number of hydrogen-bond donors (Lipinski definition) is 1. The van der Waals surface area contributed by atoms with Crippen LogP contribution in [0.2, 0.25) is 0 Å². The normalized spacial score (nSPS) is 34.2. The van der Waals surface area contributed by atoms with Gasteiger partial charge in [0.1, 0.15) is 0 Å². The Hall–Kier alpha value is -0.300. The molecular formula is C7H12O. The van der Waals surface area contributed by atoms with E-state index in [-0.39, 0.29) is 6.10 Å². The Balaban J connectivity index is 2.55. The summed E-state index contributed by atoms with van der Waals surface area (Å²) in [5.74, 6) is 0. The number of allylic oxidation sites excluding steroid dienone is 1. The van der Waals surface area contributed by atoms with Crippen LogP contribution in [0.25, 0.3) is 0 Å². The van der Waals surface area contributed by atoms with Gasteiger partial charge in [0.15, 0.2) is 0 Å². The highest BCUT2D eigenvalue weighted by Crippen LogP contribution is 2.23. The molecule has 1 aliphatic rings. The SMILES string of the molecule is CC=C1CCC[C@@H]1O. The van der Waals surface area contributed by atoms with Gasteiger partial charge < -0.3 is 5.11 Å². The largest absolute Gasteiger partial charge is 0.389 e. The number of rotatable bonds is 0. The molecule has 0 aliphatic heterocycles. The van der Waals surface area contributed by atoms with Gasteiger partial charge >= 0.3 is 0 Å². The van der Waals surface area contributed by atoms with Crippen LogP contribution in [0.4, 0.5) is 0 Å². The summed E-state index contributed by atoms with van der Waals surface area (Å²) in [6.45, 7) is 1.99. The van der Waals surface area contributed by atoms with E-state index in [2.05, 4.69) is 0 Å². The first-order chi connectivity index (χ1) is 3.84. The maximum absolute atomic E-state index is 9.12. The topological polar surface area (TPSA) is 20.2 Å². The predicted octanol–water partition coefficient (Wildman–Crippen LogP) is 1.48. The highest BCUT2D eigenvalue weighted by Gasteiger charge is 2.15. The first kappa shape index (κ1) is 5.83. The van der Waals surface area contributed by atoms with Crippen molar-refractivity contribution in [3.05, 3.63) is 11.6 Å². The molecule has 0 heterocycles. The zero-order valence-corrected chi connectivity index (χ0v) is 5.22. The summed E-state index contributed by atoms with van der Waals surface area (Å²) in [6.07, 6.45) is 5.16. The summed E-state index contributed by atoms with van der Waals surface area (Å²) in [4.78, 5) is 0. The maximum Gasteiger partial charge on any atom is 0.0750 e. The van der Waals surface area contributed by atoms with Crippen LogP contribution in [-0.2, 0) is 0 Å². The highest BCUT2D eigenvalue weighted by atomic mass is 16.3. The minimum absolute atomic E-state index is 0.111. The summed E-state index contributed by atoms with van der Waals surface area (Å²) >= 11 is 0. The Morgan fingerprint density at radius 3 is 2.75 bits per heavy atom. The molecule has 0 aromatic heterocycles. The molecule has 0 saturated heterocycles. The van der Waals surface area contributed by atoms with Crippen molar-refractivity contribution in [2.24, 2.45) is 0 Å². The fraction of sp³-hybridized carbons (Fsp3) is 0.714. The molecule has 0 bridgehead atoms. The zero-order valence-electron chi connectivity index (χ0n) is 5.22. The molecule has 1 rings (SSSR count). The van der Waals surface area contributed by atoms with Crippen LogP contribution < -0.4 is 0 Å². The van der Waals surface area contributed by atoms with E-state index < -0.39 is 0 Å². The standard InChI is InChI=1S/C7H12O/c1-2-6-4-3-5-7(6)8/h2,7-8H,3-5H2,1H3/t7-/m0/s1. The monoisotopic (exact) mass is 112 g/mol. The van der Waals surface area contributed by atoms with Crippen molar-refractivity contribution >= 4 is 0 Å². The predicted molar refractivity (Wildman–Crippen MR) is 33.6 cm³/mol. The highest BCUT2D eigenvalue weighted by molar-refractivity contribution is 5.10. The molecule has 1 heteroatoms. The Morgan fingerprint density at radius 2 is 2.50 bits per heavy atom. The van der Waals surface area contributed by atoms with E-state index in [9.17, 15) is 0 Å². The first-order valence-electron chi connectivity index (χ1n) is 3.17. The third kappa shape index (κ3) is 0.920. The van der Waals surface area contributed by atoms with Crippen LogP contribution in [-0.4, -0.2) is 11.2 Å². The molecule has 46 valence electrons. The Morgan fingerprint density at radius 1 is 1.75 bits per heavy atom. The van der Waals surface area contributed by atoms with E-state index >= 15 is 0 Å². The summed E-state index contributed by atoms with van der Waals surface area (Å²) in [6, 6.07) is 0. The second kappa shape index (κ2) is 2.31. The summed E-state index contributed by atoms with van der Waals surface area (Å²) in [5.41, 5.74) is 1.23. The molecule has 1 nitrogen and oxygen atoms in total. The van der Waals surface area contributed by atoms with Crippen molar-refractivity contribution in [1.82, 2.24) is 0 Å². The lowest BCUT2D eigenvalue weighted by molar-refractivity contribution is 0.218. The van der Waals surface area contributed by atoms with Gasteiger partial charge in [0.25, 0.3) is 0 Å². The number of hydrogen-bond acceptors (Lipinski definition) is 1. The molecule has 1 fully saturated rings. The second-order valence-corrected chi connectivity index (χ2v) is 2.27. The molecule has 1 N–H and O–H groups in total. The second-order valence-electron chi connectivity index (χ2n) is 2.27. The quantitative estimate of drug-likeness (QED) is 0.470. The van der Waals surface area contributed by atoms with E-state index in [4.69, 9.17) is 5.11 Å². The van der Waals surface area contributed by atoms with Gasteiger partial charge in [0.05, 0.1) is 6.10 Å². The van der Waals surface area contributed by atoms with Crippen LogP contribution in [0.15, 0.2) is 11.6 Å². The smallest absolute Gasteiger partial charge is 0.0750 e. The van der Waals surface area contributed by atoms with Gasteiger partial charge in [-0.1, -0.05) is 6.08 Å². The van der Waals surface area contributed by atoms with Crippen LogP contribution in [0.1, 0.15) is 26.2 Å². The first-order valence-corrected chi connectivity index (χ1v) is 3.17. The molecule has 0 aromatic carbocycles. The average molecular weight is 112 g/mol. The van der Waals surface area contributed by atoms with E-state index in [1.807, 2.05) is 13.0 Å². The molecule has 0 amide bonds. The minimum atomic E-state index is -0.111. The molecule has 0 unspecified atom stereocenters. The Labute approximate surface area is 50.0 Å². The fourth-order valence-corrected chi connectivity index (χ4v) is 1.19. The molecule has 1 saturated carbocycles. The maximum atomic E-state index is 9.12. The number of aliphatic hydroxyl groups is 1. The third-order valence-corrected chi connectivity index (χ3v) is 1.74. The van der Waals surface area contributed by atoms with Crippen molar-refractivity contribution in [1.29, 1.82) is 0 Å². The van der Waals surface area contributed by atoms with Crippen LogP contribution in [0.5, 0.6) is 0 Å². The molecule has 8 heavy (non-hydrogen) atoms. The van der Waals surface area contributed by atoms with Crippen molar-refractivity contribution in [3.63, 3.8) is 0 Å². The number of aliphatic hydroxyl groups excluding tert-OH is 1. The molecular weight excluding hydrogens is 100 g/mol. The van der Waals surface area contributed by atoms with Gasteiger partial charge in [0.2, 0.25) is 0 Å². The van der Waals surface area contributed by atoms with E-state index in [0.717, 1.165) is 12.8 Å². The molecule has 1 atom stereocenters. The average Bonchev–Trinajstić information content (AvgIpc) is 2.14. The summed E-state index contributed by atoms with van der Waals surface area (Å²) in [7, 11) is 0. The van der Waals surface area contributed by atoms with Crippen molar-refractivity contribution in [2.75, 3.05) is 0 Å². The van der Waals surface area contributed by atoms with Gasteiger partial charge in [-0.15, -0.1) is 0 Å². The molecule has 0 radical (unpaired) electrons. The van der Waals surface area contributed by atoms with Gasteiger partial charge in [0, 0.05) is 0 Å². The van der Waals surface area contributed by atoms with E-state index in [0.29, 0.717) is 0 Å². The Bertz CT molecular complexity index is 105. The summed E-state index contributed by atoms with van der Waals surface area (Å²) < 4.78 is 0. The van der Waals surface area contributed by atoms with Crippen LogP contribution >= 0.6 is 0 Å². The molecule has 0 aromatic rings. The Kier molecular flexibility index (Phi) is 1.69. The fourth-order valence-electron chi connectivity index (χ4n) is 1.19. The van der Waals surface area contributed by atoms with Crippen molar-refractivity contribution < 1.29 is 5.11 Å². The molecule has 0 spiro atoms. The van der Waals surface area contributed by atoms with Crippen LogP contribution in [0, 0.1) is 0 Å². The third-order valence-electron chi connectivity index (χ3n) is 1.74. The summed E-state index contributed by atoms with van der Waals surface area (Å²) in [5, 5.41) is 9.12. The van der Waals surface area contributed by atoms with E-state index in [1.165, 1.54) is 12.0 Å². The lowest BCUT2D eigenvalue weighted by Crippen LogP contribution is -1.99. The van der Waals surface area contributed by atoms with Gasteiger partial charge in [-0.2, -0.15) is 0 Å². The lowest BCUT2D eigenvalue weighted by Gasteiger charge is -1.99. The van der Waals surface area contributed by atoms with Gasteiger partial charge in [-0.3, -0.25) is 0 Å².